The number of aromatic nitrogens is 2. The molecular formula is C11H15N3O2. The van der Waals surface area contributed by atoms with Crippen LogP contribution >= 0.6 is 0 Å². The lowest BCUT2D eigenvalue weighted by Crippen LogP contribution is -2.18. The zero-order valence-corrected chi connectivity index (χ0v) is 9.38. The van der Waals surface area contributed by atoms with Gasteiger partial charge in [-0.1, -0.05) is 25.4 Å². The maximum Gasteiger partial charge on any atom is 0.244 e. The van der Waals surface area contributed by atoms with Crippen LogP contribution in [0.4, 0.5) is 0 Å². The first kappa shape index (κ1) is 10.9. The average molecular weight is 221 g/mol. The van der Waals surface area contributed by atoms with Crippen LogP contribution < -0.4 is 5.73 Å². The minimum atomic E-state index is -0.210. The molecule has 2 N–H and O–H groups in total. The van der Waals surface area contributed by atoms with Gasteiger partial charge >= 0.3 is 0 Å². The van der Waals surface area contributed by atoms with Gasteiger partial charge in [-0.25, -0.2) is 0 Å². The number of nitrogens with zero attached hydrogens (tertiary/aromatic N) is 2. The van der Waals surface area contributed by atoms with Crippen molar-refractivity contribution in [3.05, 3.63) is 24.5 Å². The Kier molecular flexibility index (Phi) is 3.05. The second-order valence-corrected chi connectivity index (χ2v) is 3.88. The predicted octanol–water partition coefficient (Wildman–Crippen LogP) is 2.38. The van der Waals surface area contributed by atoms with E-state index in [2.05, 4.69) is 24.0 Å². The van der Waals surface area contributed by atoms with Crippen molar-refractivity contribution < 1.29 is 8.94 Å². The van der Waals surface area contributed by atoms with E-state index in [1.807, 2.05) is 0 Å². The summed E-state index contributed by atoms with van der Waals surface area (Å²) < 4.78 is 10.1. The van der Waals surface area contributed by atoms with Gasteiger partial charge < -0.3 is 14.7 Å². The molecular weight excluding hydrogens is 206 g/mol. The quantitative estimate of drug-likeness (QED) is 0.857. The Balaban J connectivity index is 2.20. The summed E-state index contributed by atoms with van der Waals surface area (Å²) in [6, 6.07) is 1.57. The molecule has 0 aliphatic heterocycles. The highest BCUT2D eigenvalue weighted by molar-refractivity contribution is 5.51. The van der Waals surface area contributed by atoms with E-state index in [-0.39, 0.29) is 6.04 Å². The van der Waals surface area contributed by atoms with Crippen LogP contribution in [0.15, 0.2) is 27.5 Å². The van der Waals surface area contributed by atoms with E-state index in [0.717, 1.165) is 12.0 Å². The fourth-order valence-electron chi connectivity index (χ4n) is 1.38. The third kappa shape index (κ3) is 1.99. The molecule has 86 valence electrons. The molecule has 0 bridgehead atoms. The summed E-state index contributed by atoms with van der Waals surface area (Å²) in [5.41, 5.74) is 6.79. The zero-order chi connectivity index (χ0) is 11.5. The molecule has 0 saturated carbocycles. The van der Waals surface area contributed by atoms with Crippen molar-refractivity contribution in [3.8, 4) is 11.4 Å². The van der Waals surface area contributed by atoms with E-state index < -0.39 is 0 Å². The third-order valence-corrected chi connectivity index (χ3v) is 2.76. The summed E-state index contributed by atoms with van der Waals surface area (Å²) in [4.78, 5) is 4.26. The number of rotatable bonds is 4. The molecule has 2 aromatic rings. The molecule has 5 nitrogen and oxygen atoms in total. The molecule has 0 aromatic carbocycles. The number of nitrogens with two attached hydrogens (primary N) is 1. The topological polar surface area (TPSA) is 78.1 Å². The molecule has 0 fully saturated rings. The van der Waals surface area contributed by atoms with Crippen molar-refractivity contribution in [2.24, 2.45) is 11.7 Å². The van der Waals surface area contributed by atoms with Gasteiger partial charge in [0.2, 0.25) is 11.7 Å². The standard InChI is InChI=1S/C11H15N3O2/c1-3-7(2)9(12)11-13-10(14-16-11)8-4-5-15-6-8/h4-7,9H,3,12H2,1-2H3/t7-,9-/m0/s1. The predicted molar refractivity (Wildman–Crippen MR) is 58.4 cm³/mol. The highest BCUT2D eigenvalue weighted by atomic mass is 16.5. The molecule has 0 radical (unpaired) electrons. The minimum Gasteiger partial charge on any atom is -0.472 e. The molecule has 0 saturated heterocycles. The Hall–Kier alpha value is -1.62. The van der Waals surface area contributed by atoms with Crippen LogP contribution in [0.25, 0.3) is 11.4 Å². The molecule has 0 aliphatic carbocycles. The van der Waals surface area contributed by atoms with Crippen molar-refractivity contribution in [1.82, 2.24) is 10.1 Å². The summed E-state index contributed by atoms with van der Waals surface area (Å²) in [7, 11) is 0. The van der Waals surface area contributed by atoms with Crippen LogP contribution in [-0.4, -0.2) is 10.1 Å². The summed E-state index contributed by atoms with van der Waals surface area (Å²) in [5, 5.41) is 3.87. The van der Waals surface area contributed by atoms with Crippen LogP contribution in [0.1, 0.15) is 32.2 Å². The summed E-state index contributed by atoms with van der Waals surface area (Å²) in [5.74, 6) is 1.31. The lowest BCUT2D eigenvalue weighted by atomic mass is 10.0. The van der Waals surface area contributed by atoms with Crippen LogP contribution in [0.3, 0.4) is 0 Å². The first-order chi connectivity index (χ1) is 7.72. The van der Waals surface area contributed by atoms with Crippen LogP contribution in [-0.2, 0) is 0 Å². The van der Waals surface area contributed by atoms with Crippen LogP contribution in [0.5, 0.6) is 0 Å². The first-order valence-corrected chi connectivity index (χ1v) is 5.34. The molecule has 0 amide bonds. The monoisotopic (exact) mass is 221 g/mol. The number of hydrogen-bond donors (Lipinski definition) is 1. The lowest BCUT2D eigenvalue weighted by molar-refractivity contribution is 0.312. The fraction of sp³-hybridized carbons (Fsp3) is 0.455. The van der Waals surface area contributed by atoms with E-state index in [9.17, 15) is 0 Å². The van der Waals surface area contributed by atoms with Gasteiger partial charge in [0.15, 0.2) is 0 Å². The molecule has 2 atom stereocenters. The Morgan fingerprint density at radius 3 is 2.94 bits per heavy atom. The number of hydrogen-bond acceptors (Lipinski definition) is 5. The smallest absolute Gasteiger partial charge is 0.244 e. The Morgan fingerprint density at radius 2 is 2.31 bits per heavy atom. The van der Waals surface area contributed by atoms with Gasteiger partial charge in [0.05, 0.1) is 17.9 Å². The van der Waals surface area contributed by atoms with Crippen LogP contribution in [0.2, 0.25) is 0 Å². The molecule has 16 heavy (non-hydrogen) atoms. The molecule has 0 aliphatic rings. The fourth-order valence-corrected chi connectivity index (χ4v) is 1.38. The van der Waals surface area contributed by atoms with Crippen molar-refractivity contribution >= 4 is 0 Å². The van der Waals surface area contributed by atoms with E-state index >= 15 is 0 Å². The first-order valence-electron chi connectivity index (χ1n) is 5.34. The molecule has 0 unspecified atom stereocenters. The van der Waals surface area contributed by atoms with Gasteiger partial charge in [0.1, 0.15) is 6.26 Å². The maximum atomic E-state index is 6.00. The SMILES string of the molecule is CC[C@H](C)[C@H](N)c1nc(-c2ccoc2)no1. The summed E-state index contributed by atoms with van der Waals surface area (Å²) >= 11 is 0. The normalized spacial score (nSPS) is 14.9. The van der Waals surface area contributed by atoms with E-state index in [1.165, 1.54) is 0 Å². The zero-order valence-electron chi connectivity index (χ0n) is 9.38. The molecule has 2 heterocycles. The van der Waals surface area contributed by atoms with Crippen molar-refractivity contribution in [3.63, 3.8) is 0 Å². The summed E-state index contributed by atoms with van der Waals surface area (Å²) in [6.07, 6.45) is 4.12. The second kappa shape index (κ2) is 4.49. The second-order valence-electron chi connectivity index (χ2n) is 3.88. The lowest BCUT2D eigenvalue weighted by Gasteiger charge is -2.12. The van der Waals surface area contributed by atoms with E-state index in [4.69, 9.17) is 14.7 Å². The van der Waals surface area contributed by atoms with Gasteiger partial charge in [-0.3, -0.25) is 0 Å². The van der Waals surface area contributed by atoms with Gasteiger partial charge in [-0.05, 0) is 12.0 Å². The van der Waals surface area contributed by atoms with Gasteiger partial charge in [-0.2, -0.15) is 4.98 Å². The van der Waals surface area contributed by atoms with E-state index in [1.54, 1.807) is 18.6 Å². The van der Waals surface area contributed by atoms with Crippen molar-refractivity contribution in [1.29, 1.82) is 0 Å². The third-order valence-electron chi connectivity index (χ3n) is 2.76. The largest absolute Gasteiger partial charge is 0.472 e. The van der Waals surface area contributed by atoms with Gasteiger partial charge in [0.25, 0.3) is 0 Å². The Labute approximate surface area is 93.6 Å². The average Bonchev–Trinajstić information content (AvgIpc) is 2.96. The molecule has 0 spiro atoms. The molecule has 2 rings (SSSR count). The minimum absolute atomic E-state index is 0.210. The van der Waals surface area contributed by atoms with E-state index in [0.29, 0.717) is 17.6 Å². The summed E-state index contributed by atoms with van der Waals surface area (Å²) in [6.45, 7) is 4.14. The highest BCUT2D eigenvalue weighted by Crippen LogP contribution is 2.23. The Morgan fingerprint density at radius 1 is 1.50 bits per heavy atom. The van der Waals surface area contributed by atoms with Crippen molar-refractivity contribution in [2.75, 3.05) is 0 Å². The Bertz CT molecular complexity index is 436. The van der Waals surface area contributed by atoms with Gasteiger partial charge in [0, 0.05) is 0 Å². The van der Waals surface area contributed by atoms with Crippen molar-refractivity contribution in [2.45, 2.75) is 26.3 Å². The van der Waals surface area contributed by atoms with Crippen LogP contribution in [0, 0.1) is 5.92 Å². The molecule has 5 heteroatoms. The highest BCUT2D eigenvalue weighted by Gasteiger charge is 2.20. The van der Waals surface area contributed by atoms with Gasteiger partial charge in [-0.15, -0.1) is 0 Å². The maximum absolute atomic E-state index is 6.00. The molecule has 2 aromatic heterocycles. The number of furan rings is 1.